The van der Waals surface area contributed by atoms with Crippen LogP contribution in [0.15, 0.2) is 78.9 Å². The summed E-state index contributed by atoms with van der Waals surface area (Å²) in [6.07, 6.45) is -10.6. The maximum absolute atomic E-state index is 16.7. The highest BCUT2D eigenvalue weighted by atomic mass is 35.5. The Morgan fingerprint density at radius 1 is 0.669 bits per heavy atom. The van der Waals surface area contributed by atoms with Gasteiger partial charge in [0, 0.05) is 67.2 Å². The average Bonchev–Trinajstić information content (AvgIpc) is 0.761. The molecule has 5 aromatic carbocycles. The molecule has 4 saturated carbocycles. The van der Waals surface area contributed by atoms with Gasteiger partial charge in [0.2, 0.25) is 47.5 Å². The second-order valence-corrected chi connectivity index (χ2v) is 35.8. The van der Waals surface area contributed by atoms with E-state index in [-0.39, 0.29) is 110 Å². The van der Waals surface area contributed by atoms with E-state index < -0.39 is 222 Å². The van der Waals surface area contributed by atoms with E-state index >= 15 is 28.8 Å². The maximum atomic E-state index is 16.7. The Balaban J connectivity index is 1.01. The molecule has 6 amide bonds. The number of fused-ring (bicyclic) bond motifs is 15. The number of halogens is 2. The van der Waals surface area contributed by atoms with Crippen molar-refractivity contribution in [1.29, 1.82) is 0 Å². The molecule has 121 heavy (non-hydrogen) atoms. The number of Topliss-reactive ketones (excluding diaryl/α,β-unsaturated/α-hetero) is 3. The molecule has 7 heterocycles. The smallest absolute Gasteiger partial charge is 0.246 e. The van der Waals surface area contributed by atoms with Gasteiger partial charge in [-0.05, 0) is 183 Å². The third kappa shape index (κ3) is 20.0. The van der Waals surface area contributed by atoms with Crippen LogP contribution >= 0.6 is 23.2 Å². The van der Waals surface area contributed by atoms with E-state index in [4.69, 9.17) is 57.4 Å². The minimum Gasteiger partial charge on any atom is -0.508 e. The molecule has 15 bridgehead atoms. The normalized spacial score (nSPS) is 31.2. The fraction of sp³-hybridized carbons (Fsp3) is 0.562. The molecule has 30 nitrogen and oxygen atoms in total. The van der Waals surface area contributed by atoms with Crippen molar-refractivity contribution in [3.63, 3.8) is 0 Å². The summed E-state index contributed by atoms with van der Waals surface area (Å²) in [6, 6.07) is 7.38. The van der Waals surface area contributed by atoms with Gasteiger partial charge in [-0.25, -0.2) is 0 Å². The number of imide groups is 1. The van der Waals surface area contributed by atoms with Gasteiger partial charge in [-0.2, -0.15) is 0 Å². The van der Waals surface area contributed by atoms with Crippen LogP contribution in [0.25, 0.3) is 11.1 Å². The van der Waals surface area contributed by atoms with E-state index in [0.717, 1.165) is 88.1 Å². The summed E-state index contributed by atoms with van der Waals surface area (Å²) in [5.74, 6) is -16.3. The van der Waals surface area contributed by atoms with Crippen molar-refractivity contribution in [3.05, 3.63) is 117 Å². The van der Waals surface area contributed by atoms with Gasteiger partial charge in [0.25, 0.3) is 0 Å². The monoisotopic (exact) mass is 1720 g/mol. The van der Waals surface area contributed by atoms with Crippen LogP contribution in [0.4, 0.5) is 0 Å². The third-order valence-electron chi connectivity index (χ3n) is 25.6. The summed E-state index contributed by atoms with van der Waals surface area (Å²) in [7, 11) is 0. The van der Waals surface area contributed by atoms with Crippen LogP contribution in [0.3, 0.4) is 0 Å². The molecule has 0 radical (unpaired) electrons. The fourth-order valence-electron chi connectivity index (χ4n) is 19.3. The van der Waals surface area contributed by atoms with Crippen molar-refractivity contribution in [2.75, 3.05) is 6.61 Å². The molecule has 0 aromatic heterocycles. The van der Waals surface area contributed by atoms with Crippen molar-refractivity contribution >= 4 is 76.0 Å². The average molecular weight is 1720 g/mol. The number of nitrogens with two attached hydrogens (primary N) is 1. The van der Waals surface area contributed by atoms with Crippen LogP contribution < -0.4 is 46.5 Å². The highest BCUT2D eigenvalue weighted by Gasteiger charge is 2.53. The molecule has 0 unspecified atom stereocenters. The van der Waals surface area contributed by atoms with E-state index in [9.17, 15) is 60.3 Å². The topological polar surface area (TPSA) is 477 Å². The first-order valence-electron chi connectivity index (χ1n) is 42.2. The lowest BCUT2D eigenvalue weighted by Gasteiger charge is -2.54. The lowest BCUT2D eigenvalue weighted by Crippen LogP contribution is -2.64. The largest absolute Gasteiger partial charge is 0.508 e. The molecule has 16 N–H and O–H groups in total. The lowest BCUT2D eigenvalue weighted by atomic mass is 9.51. The molecular weight excluding hydrogens is 1610 g/mol. The number of phenols is 3. The van der Waals surface area contributed by atoms with Crippen LogP contribution in [0.2, 0.25) is 10.0 Å². The molecule has 654 valence electrons. The number of unbranched alkanes of at least 4 members (excludes halogenated alkanes) is 5. The van der Waals surface area contributed by atoms with E-state index in [1.54, 1.807) is 6.92 Å². The summed E-state index contributed by atoms with van der Waals surface area (Å²) in [6.45, 7) is 9.69. The summed E-state index contributed by atoms with van der Waals surface area (Å²) < 4.78 is 39.2. The van der Waals surface area contributed by atoms with Crippen molar-refractivity contribution < 1.29 is 118 Å². The predicted molar refractivity (Wildman–Crippen MR) is 437 cm³/mol. The SMILES string of the molecule is CCCCCCCCC(=O)NC(=O)C[C@@H]1CC(=O)[C@H](NC(=O)[C@H](CC)CC(C)C)[C@H](O)c2ccc(c(Cl)c2)Oc2cc3cc(c2O[C@@H]2O[C@H](CO)[C@@H](O)[C@H](O)[C@H]2O[C@H]2C[C@](C)(N)[C@H](O)[C@H](C)O2)Oc2ccc(cc2Cl)[C@@H](O)[C@@H]2NC(=O)[C@H](CC(=O)[C@@H]3NC1=O)c1ccc(O)c(c1)-c1c(O)cc(O)cc1[C@@H](C(=O)CC1C3CC4CC(C3)CC1C4)NC2=O. The number of aliphatic hydroxyl groups excluding tert-OH is 6. The molecule has 6 fully saturated rings. The first-order chi connectivity index (χ1) is 57.6. The number of amides is 6. The number of carbonyl (C=O) groups is 9. The number of benzene rings is 5. The zero-order valence-electron chi connectivity index (χ0n) is 68.4. The van der Waals surface area contributed by atoms with Crippen molar-refractivity contribution in [3.8, 4) is 57.1 Å². The Kier molecular flexibility index (Phi) is 28.3. The Bertz CT molecular complexity index is 4710. The van der Waals surface area contributed by atoms with Gasteiger partial charge < -0.3 is 101 Å². The molecule has 5 aromatic rings. The minimum atomic E-state index is -2.21. The van der Waals surface area contributed by atoms with Crippen LogP contribution in [0, 0.1) is 47.3 Å². The van der Waals surface area contributed by atoms with Crippen LogP contribution in [0.1, 0.15) is 222 Å². The van der Waals surface area contributed by atoms with Gasteiger partial charge in [-0.1, -0.05) is 101 Å². The number of rotatable bonds is 22. The molecule has 2 saturated heterocycles. The number of ketones is 3. The zero-order chi connectivity index (χ0) is 86.9. The lowest BCUT2D eigenvalue weighted by molar-refractivity contribution is -0.333. The Morgan fingerprint density at radius 2 is 1.31 bits per heavy atom. The number of hydrogen-bond donors (Lipinski definition) is 15. The van der Waals surface area contributed by atoms with Gasteiger partial charge in [0.15, 0.2) is 41.2 Å². The van der Waals surface area contributed by atoms with Gasteiger partial charge in [-0.3, -0.25) is 48.5 Å². The quantitative estimate of drug-likeness (QED) is 0.0287. The summed E-state index contributed by atoms with van der Waals surface area (Å²) in [4.78, 5) is 139. The predicted octanol–water partition coefficient (Wildman–Crippen LogP) is 9.38. The van der Waals surface area contributed by atoms with Crippen LogP contribution in [-0.4, -0.2) is 172 Å². The molecule has 32 heteroatoms. The van der Waals surface area contributed by atoms with E-state index in [2.05, 4.69) is 33.5 Å². The number of ether oxygens (including phenoxy) is 6. The van der Waals surface area contributed by atoms with Crippen LogP contribution in [0.5, 0.6) is 46.0 Å². The number of carbonyl (C=O) groups excluding carboxylic acids is 9. The van der Waals surface area contributed by atoms with Crippen molar-refractivity contribution in [1.82, 2.24) is 26.6 Å². The van der Waals surface area contributed by atoms with E-state index in [1.165, 1.54) is 62.4 Å². The Labute approximate surface area is 710 Å². The third-order valence-corrected chi connectivity index (χ3v) is 26.2. The molecule has 4 aliphatic carbocycles. The second kappa shape index (κ2) is 38.1. The number of nitrogens with one attached hydrogen (secondary N) is 5. The zero-order valence-corrected chi connectivity index (χ0v) is 69.9. The highest BCUT2D eigenvalue weighted by molar-refractivity contribution is 6.32. The standard InChI is InChI=1S/C89H110Cl2N6O24/c1-7-9-10-11-12-13-14-69(105)93-70(106)33-51-30-61(102)75(96-84(112)44(8-2)21-40(3)4)77(107)46-16-19-64(57(90)28-46)117-66-31-50-32-67(81(66)121-88-82(80(110)79(109)68(39-98)119-88)120-71-38-89(6,92)83(111)41(5)116-71)118-65-20-17-47(29-58(65)91)78(108)76-87(115)95-74(63(104)36-53-48-23-42-22-43(25-48)26-49(53)24-42)56-34-52(99)35-60(101)72(56)55-27-45(15-18-59(55)100)54(86(114)97-76)37-62(103)73(50)94-85(51)113/h15-20,27-29,31-32,34-35,40-44,48-49,51,53-54,68,71,73-80,82-83,88,98-101,107-111H,7-14,21-26,30,33,36-39,92H2,1-6H3,(H,94,113)(H,95,115)(H,96,112)(H,97,114)(H,93,105,106)/t41-,42?,43?,44+,48?,49?,51-,53?,54+,68+,71-,73+,74-,75-,76-,77+,78+,79+,80-,82+,83+,88-,89-/m0/s1. The van der Waals surface area contributed by atoms with Crippen molar-refractivity contribution in [2.24, 2.45) is 53.1 Å². The van der Waals surface area contributed by atoms with Gasteiger partial charge in [-0.15, -0.1) is 0 Å². The number of aromatic hydroxyl groups is 3. The number of hydrogen-bond acceptors (Lipinski definition) is 25. The second-order valence-electron chi connectivity index (χ2n) is 35.0. The highest BCUT2D eigenvalue weighted by Crippen LogP contribution is 2.59. The number of aliphatic hydroxyl groups is 6. The first kappa shape index (κ1) is 89.9. The molecular formula is C89H110Cl2N6O24. The molecule has 18 atom stereocenters. The van der Waals surface area contributed by atoms with E-state index in [1.807, 2.05) is 13.8 Å². The van der Waals surface area contributed by atoms with Gasteiger partial charge in [0.05, 0.1) is 40.7 Å². The Hall–Kier alpha value is -8.89. The Morgan fingerprint density at radius 3 is 1.93 bits per heavy atom. The minimum absolute atomic E-state index is 0.0332. The van der Waals surface area contributed by atoms with E-state index in [0.29, 0.717) is 31.1 Å². The summed E-state index contributed by atoms with van der Waals surface area (Å²) in [5, 5.41) is 120. The molecule has 16 rings (SSSR count). The van der Waals surface area contributed by atoms with Crippen LogP contribution in [-0.2, 0) is 57.4 Å². The summed E-state index contributed by atoms with van der Waals surface area (Å²) in [5.41, 5.74) is 3.67. The summed E-state index contributed by atoms with van der Waals surface area (Å²) >= 11 is 14.6. The first-order valence-corrected chi connectivity index (χ1v) is 42.9. The molecule has 0 spiro atoms. The van der Waals surface area contributed by atoms with Gasteiger partial charge >= 0.3 is 0 Å². The maximum Gasteiger partial charge on any atom is 0.246 e. The van der Waals surface area contributed by atoms with Gasteiger partial charge in [0.1, 0.15) is 83.4 Å². The molecule has 7 aliphatic heterocycles. The van der Waals surface area contributed by atoms with Crippen molar-refractivity contribution in [2.45, 2.75) is 261 Å². The molecule has 11 aliphatic rings. The number of phenolic OH excluding ortho intramolecular Hbond substituents is 3. The fourth-order valence-corrected chi connectivity index (χ4v) is 19.8.